The molecular formula is C16H15N3O4S. The summed E-state index contributed by atoms with van der Waals surface area (Å²) in [5.41, 5.74) is 0.860. The van der Waals surface area contributed by atoms with Gasteiger partial charge in [0.25, 0.3) is 5.91 Å². The van der Waals surface area contributed by atoms with E-state index in [1.807, 2.05) is 24.3 Å². The average Bonchev–Trinajstić information content (AvgIpc) is 3.17. The van der Waals surface area contributed by atoms with Crippen LogP contribution < -0.4 is 5.32 Å². The van der Waals surface area contributed by atoms with Crippen molar-refractivity contribution in [2.75, 3.05) is 13.1 Å². The molecule has 0 spiro atoms. The molecule has 1 aliphatic heterocycles. The number of fused-ring (bicyclic) bond motifs is 1. The van der Waals surface area contributed by atoms with Crippen LogP contribution in [0.25, 0.3) is 16.3 Å². The molecule has 8 heteroatoms. The maximum atomic E-state index is 12.0. The number of nitrogens with zero attached hydrogens (tertiary/aromatic N) is 2. The molecule has 0 aliphatic carbocycles. The maximum absolute atomic E-state index is 12.0. The molecule has 1 aromatic carbocycles. The first kappa shape index (κ1) is 16.1. The maximum Gasteiger partial charge on any atom is 0.331 e. The van der Waals surface area contributed by atoms with Crippen molar-refractivity contribution in [1.29, 1.82) is 0 Å². The number of carbonyl (C=O) groups is 3. The normalized spacial score (nSPS) is 15.7. The standard InChI is InChI=1S/C16H15N3O4S/c1-10(15(21)19-9-8-17-16(19)22)23-14(20)7-6-13-18-11-4-2-3-5-12(11)24-13/h2-7,10H,8-9H2,1H3,(H,17,22)/b7-6+/t10-/m1/s1. The summed E-state index contributed by atoms with van der Waals surface area (Å²) in [6, 6.07) is 7.19. The number of benzene rings is 1. The Labute approximate surface area is 141 Å². The van der Waals surface area contributed by atoms with Gasteiger partial charge >= 0.3 is 12.0 Å². The number of rotatable bonds is 4. The minimum absolute atomic E-state index is 0.279. The van der Waals surface area contributed by atoms with E-state index in [4.69, 9.17) is 4.74 Å². The number of hydrogen-bond acceptors (Lipinski definition) is 6. The summed E-state index contributed by atoms with van der Waals surface area (Å²) >= 11 is 1.45. The Morgan fingerprint density at radius 2 is 2.21 bits per heavy atom. The molecule has 2 aromatic rings. The molecule has 24 heavy (non-hydrogen) atoms. The zero-order valence-electron chi connectivity index (χ0n) is 12.9. The van der Waals surface area contributed by atoms with Crippen molar-refractivity contribution < 1.29 is 19.1 Å². The monoisotopic (exact) mass is 345 g/mol. The smallest absolute Gasteiger partial charge is 0.331 e. The van der Waals surface area contributed by atoms with E-state index < -0.39 is 24.0 Å². The fourth-order valence-electron chi connectivity index (χ4n) is 2.27. The van der Waals surface area contributed by atoms with Gasteiger partial charge in [-0.15, -0.1) is 11.3 Å². The van der Waals surface area contributed by atoms with Crippen LogP contribution in [0, 0.1) is 0 Å². The van der Waals surface area contributed by atoms with Crippen molar-refractivity contribution in [2.45, 2.75) is 13.0 Å². The molecule has 0 radical (unpaired) electrons. The van der Waals surface area contributed by atoms with Gasteiger partial charge in [-0.25, -0.2) is 14.6 Å². The van der Waals surface area contributed by atoms with Gasteiger partial charge in [-0.2, -0.15) is 0 Å². The number of carbonyl (C=O) groups excluding carboxylic acids is 3. The summed E-state index contributed by atoms with van der Waals surface area (Å²) in [4.78, 5) is 40.7. The lowest BCUT2D eigenvalue weighted by Gasteiger charge is -2.17. The Morgan fingerprint density at radius 3 is 2.92 bits per heavy atom. The molecule has 0 unspecified atom stereocenters. The van der Waals surface area contributed by atoms with Gasteiger partial charge in [0.05, 0.1) is 10.2 Å². The molecule has 124 valence electrons. The van der Waals surface area contributed by atoms with E-state index in [0.717, 1.165) is 15.1 Å². The van der Waals surface area contributed by atoms with E-state index in [1.54, 1.807) is 6.08 Å². The number of imide groups is 1. The van der Waals surface area contributed by atoms with E-state index in [9.17, 15) is 14.4 Å². The third kappa shape index (κ3) is 3.43. The molecule has 0 bridgehead atoms. The lowest BCUT2D eigenvalue weighted by atomic mass is 10.3. The molecule has 1 fully saturated rings. The van der Waals surface area contributed by atoms with E-state index in [0.29, 0.717) is 11.6 Å². The minimum Gasteiger partial charge on any atom is -0.449 e. The minimum atomic E-state index is -1.03. The quantitative estimate of drug-likeness (QED) is 0.674. The SMILES string of the molecule is C[C@@H](OC(=O)/C=C/c1nc2ccccc2s1)C(=O)N1CCNC1=O. The Morgan fingerprint density at radius 1 is 1.42 bits per heavy atom. The topological polar surface area (TPSA) is 88.6 Å². The lowest BCUT2D eigenvalue weighted by Crippen LogP contribution is -2.41. The van der Waals surface area contributed by atoms with Gasteiger partial charge < -0.3 is 10.1 Å². The van der Waals surface area contributed by atoms with Crippen LogP contribution in [0.3, 0.4) is 0 Å². The van der Waals surface area contributed by atoms with Crippen LogP contribution in [-0.2, 0) is 14.3 Å². The van der Waals surface area contributed by atoms with Crippen molar-refractivity contribution in [2.24, 2.45) is 0 Å². The fraction of sp³-hybridized carbons (Fsp3) is 0.250. The highest BCUT2D eigenvalue weighted by Gasteiger charge is 2.31. The summed E-state index contributed by atoms with van der Waals surface area (Å²) in [5.74, 6) is -1.19. The highest BCUT2D eigenvalue weighted by Crippen LogP contribution is 2.22. The first-order valence-electron chi connectivity index (χ1n) is 7.38. The number of thiazole rings is 1. The molecule has 1 N–H and O–H groups in total. The lowest BCUT2D eigenvalue weighted by molar-refractivity contribution is -0.153. The summed E-state index contributed by atoms with van der Waals surface area (Å²) in [7, 11) is 0. The van der Waals surface area contributed by atoms with E-state index in [2.05, 4.69) is 10.3 Å². The van der Waals surface area contributed by atoms with Gasteiger partial charge in [-0.3, -0.25) is 9.69 Å². The molecule has 0 saturated carbocycles. The van der Waals surface area contributed by atoms with Crippen LogP contribution in [0.1, 0.15) is 11.9 Å². The van der Waals surface area contributed by atoms with Crippen LogP contribution >= 0.6 is 11.3 Å². The number of aromatic nitrogens is 1. The molecule has 3 amide bonds. The summed E-state index contributed by atoms with van der Waals surface area (Å²) in [5, 5.41) is 3.20. The zero-order valence-corrected chi connectivity index (χ0v) is 13.7. The predicted molar refractivity (Wildman–Crippen MR) is 89.3 cm³/mol. The van der Waals surface area contributed by atoms with Gasteiger partial charge in [-0.05, 0) is 25.1 Å². The number of nitrogens with one attached hydrogen (secondary N) is 1. The van der Waals surface area contributed by atoms with Crippen LogP contribution in [0.5, 0.6) is 0 Å². The molecule has 1 aromatic heterocycles. The van der Waals surface area contributed by atoms with E-state index in [1.165, 1.54) is 24.3 Å². The van der Waals surface area contributed by atoms with Gasteiger partial charge in [0, 0.05) is 19.2 Å². The second-order valence-electron chi connectivity index (χ2n) is 5.15. The molecule has 3 rings (SSSR count). The highest BCUT2D eigenvalue weighted by molar-refractivity contribution is 7.19. The first-order chi connectivity index (χ1) is 11.5. The Bertz CT molecular complexity index is 797. The Hall–Kier alpha value is -2.74. The molecular weight excluding hydrogens is 330 g/mol. The number of urea groups is 1. The summed E-state index contributed by atoms with van der Waals surface area (Å²) in [6.45, 7) is 2.13. The van der Waals surface area contributed by atoms with Gasteiger partial charge in [0.15, 0.2) is 6.10 Å². The Balaban J connectivity index is 1.60. The number of para-hydroxylation sites is 1. The fourth-order valence-corrected chi connectivity index (χ4v) is 3.14. The Kier molecular flexibility index (Phi) is 4.57. The van der Waals surface area contributed by atoms with Crippen molar-refractivity contribution in [3.63, 3.8) is 0 Å². The number of esters is 1. The first-order valence-corrected chi connectivity index (χ1v) is 8.20. The third-order valence-electron chi connectivity index (χ3n) is 3.44. The van der Waals surface area contributed by atoms with Gasteiger partial charge in [0.2, 0.25) is 0 Å². The summed E-state index contributed by atoms with van der Waals surface area (Å²) < 4.78 is 6.07. The second kappa shape index (κ2) is 6.79. The predicted octanol–water partition coefficient (Wildman–Crippen LogP) is 1.79. The molecule has 2 heterocycles. The zero-order chi connectivity index (χ0) is 17.1. The third-order valence-corrected chi connectivity index (χ3v) is 4.44. The highest BCUT2D eigenvalue weighted by atomic mass is 32.1. The number of ether oxygens (including phenoxy) is 1. The van der Waals surface area contributed by atoms with Crippen LogP contribution in [0.4, 0.5) is 4.79 Å². The van der Waals surface area contributed by atoms with Gasteiger partial charge in [-0.1, -0.05) is 12.1 Å². The van der Waals surface area contributed by atoms with Crippen molar-refractivity contribution in [3.8, 4) is 0 Å². The number of hydrogen-bond donors (Lipinski definition) is 1. The van der Waals surface area contributed by atoms with Gasteiger partial charge in [0.1, 0.15) is 5.01 Å². The van der Waals surface area contributed by atoms with Crippen molar-refractivity contribution >= 4 is 45.5 Å². The molecule has 1 aliphatic rings. The van der Waals surface area contributed by atoms with E-state index in [-0.39, 0.29) is 6.54 Å². The van der Waals surface area contributed by atoms with Crippen LogP contribution in [0.2, 0.25) is 0 Å². The van der Waals surface area contributed by atoms with Crippen molar-refractivity contribution in [1.82, 2.24) is 15.2 Å². The molecule has 1 atom stereocenters. The van der Waals surface area contributed by atoms with Crippen molar-refractivity contribution in [3.05, 3.63) is 35.3 Å². The van der Waals surface area contributed by atoms with Crippen LogP contribution in [-0.4, -0.2) is 47.0 Å². The molecule has 1 saturated heterocycles. The summed E-state index contributed by atoms with van der Waals surface area (Å²) in [6.07, 6.45) is 1.75. The number of amides is 3. The van der Waals surface area contributed by atoms with E-state index >= 15 is 0 Å². The molecule has 7 nitrogen and oxygen atoms in total. The van der Waals surface area contributed by atoms with Crippen LogP contribution in [0.15, 0.2) is 30.3 Å². The average molecular weight is 345 g/mol. The second-order valence-corrected chi connectivity index (χ2v) is 6.22. The largest absolute Gasteiger partial charge is 0.449 e.